The van der Waals surface area contributed by atoms with Crippen molar-refractivity contribution >= 4 is 34.0 Å². The van der Waals surface area contributed by atoms with E-state index >= 15 is 0 Å². The van der Waals surface area contributed by atoms with E-state index < -0.39 is 0 Å². The molecule has 0 fully saturated rings. The standard InChI is InChI=1S/C25H19ClFN5O2/c1-33-17-10-19-23(22(11-17)34-2)29-13-30-25(19)31-16-6-7-20(26)18(9-16)24-28-12-21(32-24)14-4-3-5-15(27)8-14/h3-13H,1-2H3,(H,28,32)(H,29,30,31). The third-order valence-corrected chi connectivity index (χ3v) is 5.66. The Balaban J connectivity index is 1.52. The number of fused-ring (bicyclic) bond motifs is 1. The number of imidazole rings is 1. The van der Waals surface area contributed by atoms with E-state index in [9.17, 15) is 4.39 Å². The second kappa shape index (κ2) is 8.99. The first kappa shape index (κ1) is 21.7. The van der Waals surface area contributed by atoms with Gasteiger partial charge in [-0.25, -0.2) is 19.3 Å². The highest BCUT2D eigenvalue weighted by Crippen LogP contribution is 2.35. The van der Waals surface area contributed by atoms with Crippen molar-refractivity contribution in [1.29, 1.82) is 0 Å². The third-order valence-electron chi connectivity index (χ3n) is 5.33. The summed E-state index contributed by atoms with van der Waals surface area (Å²) in [7, 11) is 3.17. The lowest BCUT2D eigenvalue weighted by atomic mass is 10.1. The molecule has 170 valence electrons. The number of rotatable bonds is 6. The fourth-order valence-electron chi connectivity index (χ4n) is 3.67. The summed E-state index contributed by atoms with van der Waals surface area (Å²) in [6, 6.07) is 15.4. The van der Waals surface area contributed by atoms with E-state index in [0.717, 1.165) is 11.1 Å². The average molecular weight is 476 g/mol. The van der Waals surface area contributed by atoms with Crippen molar-refractivity contribution in [3.05, 3.63) is 78.0 Å². The van der Waals surface area contributed by atoms with Crippen molar-refractivity contribution in [2.45, 2.75) is 0 Å². The molecule has 0 unspecified atom stereocenters. The van der Waals surface area contributed by atoms with Crippen LogP contribution >= 0.6 is 11.6 Å². The van der Waals surface area contributed by atoms with Crippen molar-refractivity contribution in [2.24, 2.45) is 0 Å². The molecular weight excluding hydrogens is 457 g/mol. The van der Waals surface area contributed by atoms with Gasteiger partial charge in [0.1, 0.15) is 40.8 Å². The second-order valence-electron chi connectivity index (χ2n) is 7.42. The van der Waals surface area contributed by atoms with E-state index in [1.54, 1.807) is 38.6 Å². The number of nitrogens with zero attached hydrogens (tertiary/aromatic N) is 3. The summed E-state index contributed by atoms with van der Waals surface area (Å²) in [6.45, 7) is 0. The van der Waals surface area contributed by atoms with Gasteiger partial charge in [0.15, 0.2) is 0 Å². The SMILES string of the molecule is COc1cc(OC)c2ncnc(Nc3ccc(Cl)c(-c4ncc(-c5cccc(F)c5)[nH]4)c3)c2c1. The van der Waals surface area contributed by atoms with Gasteiger partial charge in [-0.05, 0) is 36.4 Å². The zero-order valence-electron chi connectivity index (χ0n) is 18.3. The summed E-state index contributed by atoms with van der Waals surface area (Å²) in [5, 5.41) is 4.57. The Morgan fingerprint density at radius 3 is 2.65 bits per heavy atom. The van der Waals surface area contributed by atoms with Gasteiger partial charge in [0, 0.05) is 22.9 Å². The zero-order chi connectivity index (χ0) is 23.7. The Labute approximate surface area is 199 Å². The van der Waals surface area contributed by atoms with Crippen LogP contribution in [-0.2, 0) is 0 Å². The summed E-state index contributed by atoms with van der Waals surface area (Å²) < 4.78 is 24.5. The summed E-state index contributed by atoms with van der Waals surface area (Å²) in [6.07, 6.45) is 3.12. The molecule has 2 N–H and O–H groups in total. The van der Waals surface area contributed by atoms with Crippen molar-refractivity contribution in [3.63, 3.8) is 0 Å². The molecule has 0 aliphatic rings. The Kier molecular flexibility index (Phi) is 5.73. The van der Waals surface area contributed by atoms with Crippen LogP contribution in [-0.4, -0.2) is 34.2 Å². The molecule has 0 saturated carbocycles. The predicted octanol–water partition coefficient (Wildman–Crippen LogP) is 6.24. The topological polar surface area (TPSA) is 84.9 Å². The van der Waals surface area contributed by atoms with Crippen LogP contribution in [0, 0.1) is 5.82 Å². The number of hydrogen-bond donors (Lipinski definition) is 2. The molecule has 34 heavy (non-hydrogen) atoms. The number of methoxy groups -OCH3 is 2. The van der Waals surface area contributed by atoms with Crippen LogP contribution in [0.15, 0.2) is 67.1 Å². The van der Waals surface area contributed by atoms with Gasteiger partial charge >= 0.3 is 0 Å². The summed E-state index contributed by atoms with van der Waals surface area (Å²) in [5.41, 5.74) is 3.46. The maximum Gasteiger partial charge on any atom is 0.148 e. The summed E-state index contributed by atoms with van der Waals surface area (Å²) >= 11 is 6.48. The molecule has 7 nitrogen and oxygen atoms in total. The number of aromatic nitrogens is 4. The highest BCUT2D eigenvalue weighted by Gasteiger charge is 2.14. The molecular formula is C25H19ClFN5O2. The predicted molar refractivity (Wildman–Crippen MR) is 130 cm³/mol. The van der Waals surface area contributed by atoms with Gasteiger partial charge in [-0.1, -0.05) is 23.7 Å². The Morgan fingerprint density at radius 1 is 0.971 bits per heavy atom. The first-order valence-electron chi connectivity index (χ1n) is 10.3. The quantitative estimate of drug-likeness (QED) is 0.302. The number of nitrogens with one attached hydrogen (secondary N) is 2. The van der Waals surface area contributed by atoms with Crippen LogP contribution < -0.4 is 14.8 Å². The molecule has 5 rings (SSSR count). The van der Waals surface area contributed by atoms with E-state index in [1.165, 1.54) is 18.5 Å². The maximum absolute atomic E-state index is 13.6. The van der Waals surface area contributed by atoms with Crippen molar-refractivity contribution < 1.29 is 13.9 Å². The van der Waals surface area contributed by atoms with Gasteiger partial charge in [-0.2, -0.15) is 0 Å². The van der Waals surface area contributed by atoms with Crippen LogP contribution in [0.4, 0.5) is 15.9 Å². The highest BCUT2D eigenvalue weighted by atomic mass is 35.5. The van der Waals surface area contributed by atoms with Gasteiger partial charge < -0.3 is 19.8 Å². The minimum atomic E-state index is -0.316. The lowest BCUT2D eigenvalue weighted by Crippen LogP contribution is -1.99. The normalized spacial score (nSPS) is 10.9. The van der Waals surface area contributed by atoms with E-state index in [0.29, 0.717) is 50.5 Å². The van der Waals surface area contributed by atoms with Crippen molar-refractivity contribution in [2.75, 3.05) is 19.5 Å². The number of aromatic amines is 1. The smallest absolute Gasteiger partial charge is 0.148 e. The van der Waals surface area contributed by atoms with Crippen LogP contribution in [0.3, 0.4) is 0 Å². The van der Waals surface area contributed by atoms with E-state index in [4.69, 9.17) is 21.1 Å². The Bertz CT molecular complexity index is 1500. The molecule has 0 atom stereocenters. The molecule has 2 aromatic heterocycles. The number of ether oxygens (including phenoxy) is 2. The summed E-state index contributed by atoms with van der Waals surface area (Å²) in [5.74, 6) is 2.03. The lowest BCUT2D eigenvalue weighted by molar-refractivity contribution is 0.397. The highest BCUT2D eigenvalue weighted by molar-refractivity contribution is 6.33. The van der Waals surface area contributed by atoms with E-state index in [-0.39, 0.29) is 5.82 Å². The summed E-state index contributed by atoms with van der Waals surface area (Å²) in [4.78, 5) is 16.4. The Hall–Kier alpha value is -4.17. The van der Waals surface area contributed by atoms with Gasteiger partial charge in [0.05, 0.1) is 36.5 Å². The fourth-order valence-corrected chi connectivity index (χ4v) is 3.87. The number of hydrogen-bond acceptors (Lipinski definition) is 6. The first-order chi connectivity index (χ1) is 16.6. The fraction of sp³-hybridized carbons (Fsp3) is 0.0800. The van der Waals surface area contributed by atoms with Gasteiger partial charge in [0.25, 0.3) is 0 Å². The van der Waals surface area contributed by atoms with Crippen molar-refractivity contribution in [3.8, 4) is 34.1 Å². The molecule has 0 radical (unpaired) electrons. The third kappa shape index (κ3) is 4.11. The van der Waals surface area contributed by atoms with Crippen LogP contribution in [0.5, 0.6) is 11.5 Å². The van der Waals surface area contributed by atoms with Crippen molar-refractivity contribution in [1.82, 2.24) is 19.9 Å². The van der Waals surface area contributed by atoms with Gasteiger partial charge in [0.2, 0.25) is 0 Å². The maximum atomic E-state index is 13.6. The molecule has 3 aromatic carbocycles. The molecule has 0 bridgehead atoms. The Morgan fingerprint density at radius 2 is 1.85 bits per heavy atom. The number of H-pyrrole nitrogens is 1. The molecule has 2 heterocycles. The van der Waals surface area contributed by atoms with Gasteiger partial charge in [-0.15, -0.1) is 0 Å². The second-order valence-corrected chi connectivity index (χ2v) is 7.83. The molecule has 0 amide bonds. The molecule has 9 heteroatoms. The van der Waals surface area contributed by atoms with Crippen LogP contribution in [0.1, 0.15) is 0 Å². The minimum absolute atomic E-state index is 0.316. The first-order valence-corrected chi connectivity index (χ1v) is 10.7. The van der Waals surface area contributed by atoms with E-state index in [1.807, 2.05) is 24.3 Å². The van der Waals surface area contributed by atoms with E-state index in [2.05, 4.69) is 25.3 Å². The molecule has 0 aliphatic heterocycles. The number of anilines is 2. The molecule has 0 saturated heterocycles. The minimum Gasteiger partial charge on any atom is -0.497 e. The lowest BCUT2D eigenvalue weighted by Gasteiger charge is -2.13. The van der Waals surface area contributed by atoms with Crippen LogP contribution in [0.2, 0.25) is 5.02 Å². The molecule has 0 spiro atoms. The monoisotopic (exact) mass is 475 g/mol. The molecule has 0 aliphatic carbocycles. The van der Waals surface area contributed by atoms with Crippen LogP contribution in [0.25, 0.3) is 33.5 Å². The van der Waals surface area contributed by atoms with Gasteiger partial charge in [-0.3, -0.25) is 0 Å². The number of halogens is 2. The number of benzene rings is 3. The zero-order valence-corrected chi connectivity index (χ0v) is 19.0. The largest absolute Gasteiger partial charge is 0.497 e. The molecule has 5 aromatic rings. The average Bonchev–Trinajstić information content (AvgIpc) is 3.35.